The summed E-state index contributed by atoms with van der Waals surface area (Å²) < 4.78 is 4.53. The summed E-state index contributed by atoms with van der Waals surface area (Å²) in [6, 6.07) is 4.90. The van der Waals surface area contributed by atoms with Crippen LogP contribution in [0.2, 0.25) is 10.0 Å². The van der Waals surface area contributed by atoms with Crippen LogP contribution < -0.4 is 0 Å². The lowest BCUT2D eigenvalue weighted by molar-refractivity contribution is -0.146. The molecule has 0 amide bonds. The Morgan fingerprint density at radius 2 is 1.95 bits per heavy atom. The highest BCUT2D eigenvalue weighted by molar-refractivity contribution is 6.42. The van der Waals surface area contributed by atoms with E-state index in [1.807, 2.05) is 0 Å². The minimum Gasteiger partial charge on any atom is -0.468 e. The van der Waals surface area contributed by atoms with Crippen molar-refractivity contribution in [3.63, 3.8) is 0 Å². The number of hydrogen-bond acceptors (Lipinski definition) is 4. The molecule has 0 radical (unpaired) electrons. The Labute approximate surface area is 121 Å². The lowest BCUT2D eigenvalue weighted by atomic mass is 9.94. The van der Waals surface area contributed by atoms with Gasteiger partial charge in [0.15, 0.2) is 5.92 Å². The first-order chi connectivity index (χ1) is 8.86. The van der Waals surface area contributed by atoms with Gasteiger partial charge in [-0.1, -0.05) is 29.3 Å². The Morgan fingerprint density at radius 3 is 2.42 bits per heavy atom. The number of ketones is 1. The Hall–Kier alpha value is -1.39. The monoisotopic (exact) mass is 301 g/mol. The highest BCUT2D eigenvalue weighted by Gasteiger charge is 2.28. The largest absolute Gasteiger partial charge is 0.468 e. The molecule has 6 heteroatoms. The fraction of sp³-hybridized carbons (Fsp3) is 0.308. The molecule has 0 aliphatic carbocycles. The van der Waals surface area contributed by atoms with E-state index in [4.69, 9.17) is 28.6 Å². The average molecular weight is 302 g/mol. The van der Waals surface area contributed by atoms with Gasteiger partial charge in [-0.2, -0.15) is 0 Å². The standard InChI is InChI=1S/C13H13Cl2NO3/c1-7(17)12(13(18)19-2)11(16)6-8-3-4-9(14)10(15)5-8/h3-5,12,16H,6H2,1-2H3. The molecule has 0 aliphatic rings. The Morgan fingerprint density at radius 1 is 1.32 bits per heavy atom. The van der Waals surface area contributed by atoms with Gasteiger partial charge in [-0.15, -0.1) is 0 Å². The number of ether oxygens (including phenoxy) is 1. The highest BCUT2D eigenvalue weighted by Crippen LogP contribution is 2.23. The Balaban J connectivity index is 2.90. The van der Waals surface area contributed by atoms with Crippen molar-refractivity contribution >= 4 is 40.7 Å². The maximum Gasteiger partial charge on any atom is 0.321 e. The number of rotatable bonds is 5. The second-order valence-electron chi connectivity index (χ2n) is 4.02. The molecule has 1 N–H and O–H groups in total. The molecule has 1 aromatic carbocycles. The van der Waals surface area contributed by atoms with Crippen LogP contribution in [-0.4, -0.2) is 24.6 Å². The normalized spacial score (nSPS) is 11.8. The van der Waals surface area contributed by atoms with E-state index in [2.05, 4.69) is 4.74 Å². The zero-order valence-corrected chi connectivity index (χ0v) is 12.0. The summed E-state index contributed by atoms with van der Waals surface area (Å²) in [7, 11) is 1.19. The highest BCUT2D eigenvalue weighted by atomic mass is 35.5. The van der Waals surface area contributed by atoms with E-state index >= 15 is 0 Å². The summed E-state index contributed by atoms with van der Waals surface area (Å²) in [4.78, 5) is 22.9. The number of carbonyl (C=O) groups excluding carboxylic acids is 2. The second kappa shape index (κ2) is 6.68. The number of Topliss-reactive ketones (excluding diaryl/α,β-unsaturated/α-hetero) is 1. The Kier molecular flexibility index (Phi) is 5.51. The van der Waals surface area contributed by atoms with Crippen molar-refractivity contribution in [1.29, 1.82) is 5.41 Å². The van der Waals surface area contributed by atoms with Crippen molar-refractivity contribution in [2.75, 3.05) is 7.11 Å². The molecule has 1 atom stereocenters. The first kappa shape index (κ1) is 15.7. The van der Waals surface area contributed by atoms with Crippen molar-refractivity contribution in [3.8, 4) is 0 Å². The molecular formula is C13H13Cl2NO3. The number of nitrogens with one attached hydrogen (secondary N) is 1. The number of halogens is 2. The third-order valence-electron chi connectivity index (χ3n) is 2.57. The van der Waals surface area contributed by atoms with Crippen LogP contribution >= 0.6 is 23.2 Å². The third kappa shape index (κ3) is 4.04. The zero-order valence-electron chi connectivity index (χ0n) is 10.5. The molecule has 19 heavy (non-hydrogen) atoms. The molecule has 0 heterocycles. The van der Waals surface area contributed by atoms with Crippen molar-refractivity contribution in [2.24, 2.45) is 5.92 Å². The van der Waals surface area contributed by atoms with Crippen molar-refractivity contribution in [2.45, 2.75) is 13.3 Å². The molecular weight excluding hydrogens is 289 g/mol. The number of carbonyl (C=O) groups is 2. The molecule has 1 rings (SSSR count). The molecule has 0 bridgehead atoms. The number of methoxy groups -OCH3 is 1. The second-order valence-corrected chi connectivity index (χ2v) is 4.83. The van der Waals surface area contributed by atoms with Crippen molar-refractivity contribution in [1.82, 2.24) is 0 Å². The van der Waals surface area contributed by atoms with Crippen molar-refractivity contribution < 1.29 is 14.3 Å². The maximum absolute atomic E-state index is 11.5. The molecule has 0 saturated carbocycles. The summed E-state index contributed by atoms with van der Waals surface area (Å²) in [6.07, 6.45) is 0.135. The van der Waals surface area contributed by atoms with E-state index < -0.39 is 17.7 Å². The van der Waals surface area contributed by atoms with Crippen LogP contribution in [0.3, 0.4) is 0 Å². The minimum atomic E-state index is -1.17. The zero-order chi connectivity index (χ0) is 14.6. The number of esters is 1. The molecule has 4 nitrogen and oxygen atoms in total. The van der Waals surface area contributed by atoms with Crippen LogP contribution in [0, 0.1) is 11.3 Å². The fourth-order valence-corrected chi connectivity index (χ4v) is 1.96. The SMILES string of the molecule is COC(=O)C(C(=N)Cc1ccc(Cl)c(Cl)c1)C(C)=O. The van der Waals surface area contributed by atoms with Gasteiger partial charge in [0.25, 0.3) is 0 Å². The molecule has 1 unspecified atom stereocenters. The Bertz CT molecular complexity index is 529. The maximum atomic E-state index is 11.5. The quantitative estimate of drug-likeness (QED) is 0.516. The summed E-state index contributed by atoms with van der Waals surface area (Å²) in [5.41, 5.74) is 0.673. The van der Waals surface area contributed by atoms with Crippen LogP contribution in [0.15, 0.2) is 18.2 Å². The molecule has 1 aromatic rings. The van der Waals surface area contributed by atoms with E-state index in [0.29, 0.717) is 15.6 Å². The third-order valence-corrected chi connectivity index (χ3v) is 3.31. The molecule has 0 spiro atoms. The average Bonchev–Trinajstić information content (AvgIpc) is 2.33. The van der Waals surface area contributed by atoms with Crippen LogP contribution in [0.5, 0.6) is 0 Å². The van der Waals surface area contributed by atoms with Gasteiger partial charge in [-0.3, -0.25) is 9.59 Å². The summed E-state index contributed by atoms with van der Waals surface area (Å²) in [6.45, 7) is 1.25. The predicted octanol–water partition coefficient (Wildman–Crippen LogP) is 2.93. The van der Waals surface area contributed by atoms with Gasteiger partial charge in [-0.25, -0.2) is 0 Å². The first-order valence-electron chi connectivity index (χ1n) is 5.46. The number of benzene rings is 1. The topological polar surface area (TPSA) is 67.2 Å². The van der Waals surface area contributed by atoms with E-state index in [1.165, 1.54) is 14.0 Å². The molecule has 0 fully saturated rings. The van der Waals surface area contributed by atoms with Gasteiger partial charge < -0.3 is 10.1 Å². The van der Waals surface area contributed by atoms with Crippen molar-refractivity contribution in [3.05, 3.63) is 33.8 Å². The lowest BCUT2D eigenvalue weighted by Gasteiger charge is -2.13. The molecule has 0 aromatic heterocycles. The fourth-order valence-electron chi connectivity index (χ4n) is 1.64. The van der Waals surface area contributed by atoms with E-state index in [0.717, 1.165) is 0 Å². The lowest BCUT2D eigenvalue weighted by Crippen LogP contribution is -2.32. The smallest absolute Gasteiger partial charge is 0.321 e. The summed E-state index contributed by atoms with van der Waals surface area (Å²) in [5, 5.41) is 8.65. The van der Waals surface area contributed by atoms with Crippen LogP contribution in [-0.2, 0) is 20.7 Å². The van der Waals surface area contributed by atoms with Crippen LogP contribution in [0.25, 0.3) is 0 Å². The predicted molar refractivity (Wildman–Crippen MR) is 74.1 cm³/mol. The molecule has 102 valence electrons. The summed E-state index contributed by atoms with van der Waals surface area (Å²) >= 11 is 11.7. The molecule has 0 aliphatic heterocycles. The van der Waals surface area contributed by atoms with Gasteiger partial charge in [-0.05, 0) is 24.6 Å². The van der Waals surface area contributed by atoms with Gasteiger partial charge in [0, 0.05) is 12.1 Å². The van der Waals surface area contributed by atoms with Crippen LogP contribution in [0.4, 0.5) is 0 Å². The minimum absolute atomic E-state index is 0.0299. The summed E-state index contributed by atoms with van der Waals surface area (Å²) in [5.74, 6) is -2.31. The molecule has 0 saturated heterocycles. The van der Waals surface area contributed by atoms with E-state index in [9.17, 15) is 9.59 Å². The van der Waals surface area contributed by atoms with Gasteiger partial charge in [0.1, 0.15) is 5.78 Å². The van der Waals surface area contributed by atoms with Gasteiger partial charge >= 0.3 is 5.97 Å². The van der Waals surface area contributed by atoms with E-state index in [-0.39, 0.29) is 12.1 Å². The number of hydrogen-bond donors (Lipinski definition) is 1. The van der Waals surface area contributed by atoms with Gasteiger partial charge in [0.05, 0.1) is 17.2 Å². The first-order valence-corrected chi connectivity index (χ1v) is 6.22. The van der Waals surface area contributed by atoms with Gasteiger partial charge in [0.2, 0.25) is 0 Å². The van der Waals surface area contributed by atoms with E-state index in [1.54, 1.807) is 18.2 Å². The van der Waals surface area contributed by atoms with Crippen LogP contribution in [0.1, 0.15) is 12.5 Å².